The number of hydrogen-bond donors (Lipinski definition) is 1. The van der Waals surface area contributed by atoms with Gasteiger partial charge in [0.15, 0.2) is 0 Å². The number of aryl methyl sites for hydroxylation is 4. The van der Waals surface area contributed by atoms with Crippen molar-refractivity contribution in [2.75, 3.05) is 5.32 Å². The Labute approximate surface area is 128 Å². The summed E-state index contributed by atoms with van der Waals surface area (Å²) in [5.41, 5.74) is 7.06. The molecule has 0 aliphatic heterocycles. The van der Waals surface area contributed by atoms with E-state index in [1.54, 1.807) is 6.34 Å². The first kappa shape index (κ1) is 17.0. The second kappa shape index (κ2) is 8.25. The standard InChI is InChI=1S/C17H20N2.C2H6/c1-12-5-7-16(14(3)9-12)18-11-19-17-8-6-13(2)10-15(17)4;1-2/h5-11H,1-4H3,(H,18,19);1-2H3. The first-order chi connectivity index (χ1) is 10.1. The van der Waals surface area contributed by atoms with Gasteiger partial charge in [0, 0.05) is 5.69 Å². The van der Waals surface area contributed by atoms with Crippen LogP contribution in [0.15, 0.2) is 41.4 Å². The van der Waals surface area contributed by atoms with E-state index in [-0.39, 0.29) is 0 Å². The Morgan fingerprint density at radius 1 is 0.810 bits per heavy atom. The minimum atomic E-state index is 1.00. The summed E-state index contributed by atoms with van der Waals surface area (Å²) < 4.78 is 0. The third-order valence-electron chi connectivity index (χ3n) is 3.16. The molecule has 2 aromatic carbocycles. The van der Waals surface area contributed by atoms with Gasteiger partial charge in [-0.25, -0.2) is 4.99 Å². The predicted molar refractivity (Wildman–Crippen MR) is 95.0 cm³/mol. The first-order valence-corrected chi connectivity index (χ1v) is 7.50. The topological polar surface area (TPSA) is 24.4 Å². The summed E-state index contributed by atoms with van der Waals surface area (Å²) in [6.45, 7) is 12.4. The summed E-state index contributed by atoms with van der Waals surface area (Å²) in [4.78, 5) is 4.47. The lowest BCUT2D eigenvalue weighted by molar-refractivity contribution is 1.34. The normalized spacial score (nSPS) is 10.2. The molecular formula is C19H26N2. The number of aliphatic imine (C=N–C) groups is 1. The van der Waals surface area contributed by atoms with Crippen molar-refractivity contribution in [2.24, 2.45) is 4.99 Å². The lowest BCUT2D eigenvalue weighted by Gasteiger charge is -2.06. The monoisotopic (exact) mass is 282 g/mol. The molecule has 0 heterocycles. The summed E-state index contributed by atoms with van der Waals surface area (Å²) >= 11 is 0. The molecule has 21 heavy (non-hydrogen) atoms. The van der Waals surface area contributed by atoms with Crippen LogP contribution in [0.25, 0.3) is 0 Å². The molecule has 0 aromatic heterocycles. The maximum Gasteiger partial charge on any atom is 0.0930 e. The van der Waals surface area contributed by atoms with Crippen LogP contribution in [0.4, 0.5) is 11.4 Å². The van der Waals surface area contributed by atoms with Gasteiger partial charge in [0.05, 0.1) is 12.0 Å². The summed E-state index contributed by atoms with van der Waals surface area (Å²) in [5.74, 6) is 0. The molecule has 0 aliphatic rings. The van der Waals surface area contributed by atoms with Crippen LogP contribution in [0.1, 0.15) is 36.1 Å². The fourth-order valence-corrected chi connectivity index (χ4v) is 2.10. The van der Waals surface area contributed by atoms with E-state index < -0.39 is 0 Å². The molecule has 0 saturated heterocycles. The molecule has 1 N–H and O–H groups in total. The highest BCUT2D eigenvalue weighted by atomic mass is 14.9. The van der Waals surface area contributed by atoms with Crippen molar-refractivity contribution in [3.05, 3.63) is 58.7 Å². The molecule has 0 unspecified atom stereocenters. The zero-order chi connectivity index (χ0) is 15.8. The lowest BCUT2D eigenvalue weighted by atomic mass is 10.1. The van der Waals surface area contributed by atoms with E-state index in [0.29, 0.717) is 0 Å². The first-order valence-electron chi connectivity index (χ1n) is 7.50. The maximum atomic E-state index is 4.47. The van der Waals surface area contributed by atoms with Gasteiger partial charge in [-0.2, -0.15) is 0 Å². The second-order valence-electron chi connectivity index (χ2n) is 5.01. The maximum absolute atomic E-state index is 4.47. The Hall–Kier alpha value is -2.09. The fraction of sp³-hybridized carbons (Fsp3) is 0.316. The van der Waals surface area contributed by atoms with E-state index in [9.17, 15) is 0 Å². The summed E-state index contributed by atoms with van der Waals surface area (Å²) in [7, 11) is 0. The molecular weight excluding hydrogens is 256 g/mol. The van der Waals surface area contributed by atoms with Gasteiger partial charge in [-0.1, -0.05) is 49.2 Å². The minimum Gasteiger partial charge on any atom is -0.346 e. The van der Waals surface area contributed by atoms with Gasteiger partial charge in [-0.3, -0.25) is 0 Å². The van der Waals surface area contributed by atoms with Gasteiger partial charge in [0.25, 0.3) is 0 Å². The van der Waals surface area contributed by atoms with Crippen molar-refractivity contribution in [3.8, 4) is 0 Å². The fourth-order valence-electron chi connectivity index (χ4n) is 2.10. The SMILES string of the molecule is CC.Cc1ccc(N=CNc2ccc(C)cc2C)c(C)c1. The van der Waals surface area contributed by atoms with Crippen LogP contribution in [-0.2, 0) is 0 Å². The van der Waals surface area contributed by atoms with Crippen molar-refractivity contribution >= 4 is 17.7 Å². The van der Waals surface area contributed by atoms with Gasteiger partial charge in [-0.05, 0) is 51.0 Å². The van der Waals surface area contributed by atoms with Gasteiger partial charge in [-0.15, -0.1) is 0 Å². The smallest absolute Gasteiger partial charge is 0.0930 e. The third kappa shape index (κ3) is 5.07. The summed E-state index contributed by atoms with van der Waals surface area (Å²) in [5, 5.41) is 3.24. The Balaban J connectivity index is 0.00000106. The zero-order valence-corrected chi connectivity index (χ0v) is 14.0. The highest BCUT2D eigenvalue weighted by Gasteiger charge is 1.97. The molecule has 112 valence electrons. The number of rotatable bonds is 3. The lowest BCUT2D eigenvalue weighted by Crippen LogP contribution is -1.97. The van der Waals surface area contributed by atoms with Gasteiger partial charge in [0.2, 0.25) is 0 Å². The number of anilines is 1. The highest BCUT2D eigenvalue weighted by molar-refractivity contribution is 5.79. The molecule has 0 fully saturated rings. The van der Waals surface area contributed by atoms with Gasteiger partial charge >= 0.3 is 0 Å². The predicted octanol–water partition coefficient (Wildman–Crippen LogP) is 5.72. The van der Waals surface area contributed by atoms with Crippen LogP contribution in [0.2, 0.25) is 0 Å². The molecule has 0 radical (unpaired) electrons. The van der Waals surface area contributed by atoms with Crippen molar-refractivity contribution in [2.45, 2.75) is 41.5 Å². The van der Waals surface area contributed by atoms with Crippen LogP contribution in [0, 0.1) is 27.7 Å². The van der Waals surface area contributed by atoms with Gasteiger partial charge in [0.1, 0.15) is 0 Å². The molecule has 2 rings (SSSR count). The van der Waals surface area contributed by atoms with E-state index in [1.165, 1.54) is 22.3 Å². The average Bonchev–Trinajstić information content (AvgIpc) is 2.45. The van der Waals surface area contributed by atoms with E-state index in [4.69, 9.17) is 0 Å². The average molecular weight is 282 g/mol. The molecule has 0 amide bonds. The van der Waals surface area contributed by atoms with E-state index in [2.05, 4.69) is 68.3 Å². The molecule has 0 bridgehead atoms. The van der Waals surface area contributed by atoms with Gasteiger partial charge < -0.3 is 5.32 Å². The van der Waals surface area contributed by atoms with Crippen molar-refractivity contribution in [1.82, 2.24) is 0 Å². The van der Waals surface area contributed by atoms with E-state index in [0.717, 1.165) is 11.4 Å². The number of nitrogens with one attached hydrogen (secondary N) is 1. The number of nitrogens with zero attached hydrogens (tertiary/aromatic N) is 1. The quantitative estimate of drug-likeness (QED) is 0.565. The Kier molecular flexibility index (Phi) is 6.67. The van der Waals surface area contributed by atoms with Crippen molar-refractivity contribution in [3.63, 3.8) is 0 Å². The largest absolute Gasteiger partial charge is 0.346 e. The minimum absolute atomic E-state index is 1.00. The molecule has 2 heteroatoms. The molecule has 0 saturated carbocycles. The van der Waals surface area contributed by atoms with Crippen LogP contribution in [0.3, 0.4) is 0 Å². The Bertz CT molecular complexity index is 613. The van der Waals surface area contributed by atoms with Crippen LogP contribution in [-0.4, -0.2) is 6.34 Å². The second-order valence-corrected chi connectivity index (χ2v) is 5.01. The molecule has 0 spiro atoms. The molecule has 2 aromatic rings. The molecule has 0 aliphatic carbocycles. The summed E-state index contributed by atoms with van der Waals surface area (Å²) in [6.07, 6.45) is 1.76. The van der Waals surface area contributed by atoms with E-state index >= 15 is 0 Å². The van der Waals surface area contributed by atoms with Crippen LogP contribution >= 0.6 is 0 Å². The Morgan fingerprint density at radius 2 is 1.38 bits per heavy atom. The summed E-state index contributed by atoms with van der Waals surface area (Å²) in [6, 6.07) is 12.6. The van der Waals surface area contributed by atoms with E-state index in [1.807, 2.05) is 19.9 Å². The zero-order valence-electron chi connectivity index (χ0n) is 14.0. The van der Waals surface area contributed by atoms with Crippen molar-refractivity contribution < 1.29 is 0 Å². The Morgan fingerprint density at radius 3 is 1.95 bits per heavy atom. The third-order valence-corrected chi connectivity index (χ3v) is 3.16. The molecule has 2 nitrogen and oxygen atoms in total. The van der Waals surface area contributed by atoms with Crippen molar-refractivity contribution in [1.29, 1.82) is 0 Å². The number of hydrogen-bond acceptors (Lipinski definition) is 1. The highest BCUT2D eigenvalue weighted by Crippen LogP contribution is 2.19. The van der Waals surface area contributed by atoms with Crippen LogP contribution < -0.4 is 5.32 Å². The van der Waals surface area contributed by atoms with Crippen LogP contribution in [0.5, 0.6) is 0 Å². The number of benzene rings is 2. The molecule has 0 atom stereocenters.